The topological polar surface area (TPSA) is 18.5 Å². The maximum absolute atomic E-state index is 5.82. The quantitative estimate of drug-likeness (QED) is 0.667. The Balaban J connectivity index is 2.97. The van der Waals surface area contributed by atoms with Crippen LogP contribution in [0, 0.1) is 11.8 Å². The molecule has 0 aromatic rings. The average Bonchev–Trinajstić information content (AvgIpc) is 2.22. The fourth-order valence-corrected chi connectivity index (χ4v) is 3.54. The van der Waals surface area contributed by atoms with E-state index in [2.05, 4.69) is 27.7 Å². The van der Waals surface area contributed by atoms with Crippen molar-refractivity contribution in [2.24, 2.45) is 11.8 Å². The van der Waals surface area contributed by atoms with Crippen LogP contribution in [0.1, 0.15) is 40.5 Å². The summed E-state index contributed by atoms with van der Waals surface area (Å²) in [4.78, 5) is 0. The Morgan fingerprint density at radius 3 is 2.00 bits per heavy atom. The molecule has 1 aliphatic heterocycles. The molecule has 0 saturated carbocycles. The van der Waals surface area contributed by atoms with Crippen molar-refractivity contribution in [3.63, 3.8) is 0 Å². The van der Waals surface area contributed by atoms with Gasteiger partial charge in [0.1, 0.15) is 0 Å². The first-order valence-electron chi connectivity index (χ1n) is 6.25. The fraction of sp³-hybridized carbons (Fsp3) is 1.00. The van der Waals surface area contributed by atoms with Gasteiger partial charge in [-0.25, -0.2) is 0 Å². The minimum Gasteiger partial charge on any atom is -0.570 e. The van der Waals surface area contributed by atoms with Gasteiger partial charge in [0.2, 0.25) is 6.55 Å². The molecule has 3 heteroatoms. The monoisotopic (exact) mass is 213 g/mol. The summed E-state index contributed by atoms with van der Waals surface area (Å²) < 4.78 is 11.6. The summed E-state index contributed by atoms with van der Waals surface area (Å²) >= 11 is 0. The van der Waals surface area contributed by atoms with Crippen LogP contribution in [0.5, 0.6) is 0 Å². The highest BCUT2D eigenvalue weighted by atomic mass is 16.6. The lowest BCUT2D eigenvalue weighted by molar-refractivity contribution is 0.171. The minimum absolute atomic E-state index is 0.529. The van der Waals surface area contributed by atoms with Crippen LogP contribution in [0.4, 0.5) is 0 Å². The predicted octanol–water partition coefficient (Wildman–Crippen LogP) is 3.57. The first-order chi connectivity index (χ1) is 6.99. The molecule has 0 N–H and O–H groups in total. The normalized spacial score (nSPS) is 35.8. The second-order valence-corrected chi connectivity index (χ2v) is 5.63. The summed E-state index contributed by atoms with van der Waals surface area (Å²) in [5.74, 6) is 2.45. The third-order valence-corrected chi connectivity index (χ3v) is 4.78. The van der Waals surface area contributed by atoms with Gasteiger partial charge in [-0.05, 0) is 14.2 Å². The van der Waals surface area contributed by atoms with Crippen LogP contribution in [0.15, 0.2) is 0 Å². The summed E-state index contributed by atoms with van der Waals surface area (Å²) in [6.45, 7) is 8.06. The van der Waals surface area contributed by atoms with Crippen molar-refractivity contribution in [1.82, 2.24) is 0 Å². The molecule has 2 nitrogen and oxygen atoms in total. The van der Waals surface area contributed by atoms with Crippen molar-refractivity contribution in [2.45, 2.75) is 52.2 Å². The number of rotatable bonds is 3. The van der Waals surface area contributed by atoms with Crippen molar-refractivity contribution >= 4 is 6.55 Å². The number of hydrogen-bond acceptors (Lipinski definition) is 2. The summed E-state index contributed by atoms with van der Waals surface area (Å²) in [5.41, 5.74) is 0. The van der Waals surface area contributed by atoms with E-state index >= 15 is 0 Å². The van der Waals surface area contributed by atoms with E-state index in [0.717, 1.165) is 0 Å². The lowest BCUT2D eigenvalue weighted by Crippen LogP contribution is -2.54. The smallest absolute Gasteiger partial charge is 0.246 e. The molecular formula is C12H26BO2-. The molecule has 0 radical (unpaired) electrons. The van der Waals surface area contributed by atoms with Gasteiger partial charge in [-0.3, -0.25) is 0 Å². The van der Waals surface area contributed by atoms with Gasteiger partial charge in [-0.2, -0.15) is 0 Å². The van der Waals surface area contributed by atoms with Gasteiger partial charge in [0, 0.05) is 0 Å². The van der Waals surface area contributed by atoms with Gasteiger partial charge in [0.05, 0.1) is 0 Å². The average molecular weight is 213 g/mol. The summed E-state index contributed by atoms with van der Waals surface area (Å²) in [5, 5.41) is 0. The SMILES string of the molecule is CO[B-]1(OC)[C@@H](C(C)C)CC[C@H](C)[C@H]1C. The van der Waals surface area contributed by atoms with E-state index in [-0.39, 0.29) is 0 Å². The Bertz CT molecular complexity index is 202. The summed E-state index contributed by atoms with van der Waals surface area (Å²) in [7, 11) is 3.63. The van der Waals surface area contributed by atoms with Gasteiger partial charge in [0.25, 0.3) is 0 Å². The molecule has 1 heterocycles. The van der Waals surface area contributed by atoms with Gasteiger partial charge in [-0.15, -0.1) is 11.6 Å². The van der Waals surface area contributed by atoms with Gasteiger partial charge in [0.15, 0.2) is 0 Å². The maximum atomic E-state index is 5.82. The zero-order chi connectivity index (χ0) is 11.6. The first kappa shape index (κ1) is 13.1. The molecule has 15 heavy (non-hydrogen) atoms. The Kier molecular flexibility index (Phi) is 4.24. The van der Waals surface area contributed by atoms with Gasteiger partial charge >= 0.3 is 0 Å². The Morgan fingerprint density at radius 1 is 1.07 bits per heavy atom. The summed E-state index contributed by atoms with van der Waals surface area (Å²) in [6.07, 6.45) is 2.55. The second-order valence-electron chi connectivity index (χ2n) is 5.63. The van der Waals surface area contributed by atoms with Crippen LogP contribution in [0.3, 0.4) is 0 Å². The molecule has 1 aliphatic rings. The van der Waals surface area contributed by atoms with Crippen LogP contribution < -0.4 is 0 Å². The zero-order valence-corrected chi connectivity index (χ0v) is 11.1. The molecule has 0 spiro atoms. The van der Waals surface area contributed by atoms with Crippen LogP contribution in [-0.2, 0) is 9.31 Å². The van der Waals surface area contributed by atoms with E-state index in [0.29, 0.717) is 23.5 Å². The van der Waals surface area contributed by atoms with Gasteiger partial charge < -0.3 is 9.31 Å². The van der Waals surface area contributed by atoms with E-state index in [9.17, 15) is 0 Å². The molecule has 0 unspecified atom stereocenters. The Morgan fingerprint density at radius 2 is 1.60 bits per heavy atom. The second kappa shape index (κ2) is 4.88. The maximum Gasteiger partial charge on any atom is 0.246 e. The lowest BCUT2D eigenvalue weighted by Gasteiger charge is -2.56. The summed E-state index contributed by atoms with van der Waals surface area (Å²) in [6, 6.07) is 0. The van der Waals surface area contributed by atoms with E-state index in [1.54, 1.807) is 0 Å². The highest BCUT2D eigenvalue weighted by molar-refractivity contribution is 6.70. The van der Waals surface area contributed by atoms with Crippen LogP contribution in [0.2, 0.25) is 11.6 Å². The molecule has 1 fully saturated rings. The van der Waals surface area contributed by atoms with Gasteiger partial charge in [-0.1, -0.05) is 52.4 Å². The minimum atomic E-state index is -1.10. The standard InChI is InChI=1S/C12H26BO2/c1-9(2)12-8-7-10(3)11(4)13(12,14-5)15-6/h9-12H,7-8H2,1-6H3/q-1/t10-,11+,12+/m0/s1. The molecule has 0 aromatic carbocycles. The van der Waals surface area contributed by atoms with Crippen molar-refractivity contribution in [3.05, 3.63) is 0 Å². The third-order valence-electron chi connectivity index (χ3n) is 4.78. The van der Waals surface area contributed by atoms with Crippen LogP contribution in [0.25, 0.3) is 0 Å². The third kappa shape index (κ3) is 2.09. The van der Waals surface area contributed by atoms with E-state index in [1.165, 1.54) is 12.8 Å². The van der Waals surface area contributed by atoms with E-state index in [1.807, 2.05) is 14.2 Å². The molecule has 0 aliphatic carbocycles. The molecule has 3 atom stereocenters. The molecule has 1 saturated heterocycles. The largest absolute Gasteiger partial charge is 0.570 e. The van der Waals surface area contributed by atoms with Crippen molar-refractivity contribution in [3.8, 4) is 0 Å². The molecule has 1 rings (SSSR count). The highest BCUT2D eigenvalue weighted by Crippen LogP contribution is 2.50. The Hall–Kier alpha value is -0.0151. The van der Waals surface area contributed by atoms with Crippen molar-refractivity contribution in [1.29, 1.82) is 0 Å². The molecule has 0 aromatic heterocycles. The number of hydrogen-bond donors (Lipinski definition) is 0. The van der Waals surface area contributed by atoms with Crippen molar-refractivity contribution < 1.29 is 9.31 Å². The first-order valence-corrected chi connectivity index (χ1v) is 6.25. The molecular weight excluding hydrogens is 187 g/mol. The zero-order valence-electron chi connectivity index (χ0n) is 11.1. The fourth-order valence-electron chi connectivity index (χ4n) is 3.54. The molecule has 90 valence electrons. The van der Waals surface area contributed by atoms with E-state index < -0.39 is 6.55 Å². The highest BCUT2D eigenvalue weighted by Gasteiger charge is 2.45. The molecule has 0 amide bonds. The lowest BCUT2D eigenvalue weighted by atomic mass is 9.31. The molecule has 0 bridgehead atoms. The van der Waals surface area contributed by atoms with Crippen molar-refractivity contribution in [2.75, 3.05) is 14.2 Å². The Labute approximate surface area is 94.7 Å². The van der Waals surface area contributed by atoms with E-state index in [4.69, 9.17) is 9.31 Å². The van der Waals surface area contributed by atoms with Crippen LogP contribution >= 0.6 is 0 Å². The predicted molar refractivity (Wildman–Crippen MR) is 66.2 cm³/mol. The van der Waals surface area contributed by atoms with Crippen LogP contribution in [-0.4, -0.2) is 20.8 Å².